The van der Waals surface area contributed by atoms with Crippen LogP contribution >= 0.6 is 11.6 Å². The summed E-state index contributed by atoms with van der Waals surface area (Å²) in [5, 5.41) is 5.65. The number of benzene rings is 2. The van der Waals surface area contributed by atoms with Gasteiger partial charge in [-0.3, -0.25) is 9.59 Å². The standard InChI is InChI=1S/C17H17ClN2O4/c1-23-14-6-4-3-5-12(14)17(22)19-10-16(21)20-13-9-11(18)7-8-15(13)24-2/h3-9H,10H2,1-2H3,(H,19,22)(H,20,21). The van der Waals surface area contributed by atoms with Crippen LogP contribution in [0, 0.1) is 0 Å². The zero-order chi connectivity index (χ0) is 17.5. The lowest BCUT2D eigenvalue weighted by Crippen LogP contribution is -2.33. The quantitative estimate of drug-likeness (QED) is 0.841. The molecule has 0 aliphatic rings. The maximum absolute atomic E-state index is 12.1. The number of nitrogens with one attached hydrogen (secondary N) is 2. The fourth-order valence-corrected chi connectivity index (χ4v) is 2.23. The molecular formula is C17H17ClN2O4. The molecule has 0 saturated carbocycles. The highest BCUT2D eigenvalue weighted by molar-refractivity contribution is 6.31. The van der Waals surface area contributed by atoms with Gasteiger partial charge in [0.15, 0.2) is 0 Å². The Labute approximate surface area is 144 Å². The van der Waals surface area contributed by atoms with E-state index in [-0.39, 0.29) is 6.54 Å². The smallest absolute Gasteiger partial charge is 0.255 e. The van der Waals surface area contributed by atoms with Crippen molar-refractivity contribution in [3.8, 4) is 11.5 Å². The zero-order valence-electron chi connectivity index (χ0n) is 13.3. The molecule has 2 amide bonds. The van der Waals surface area contributed by atoms with E-state index in [4.69, 9.17) is 21.1 Å². The van der Waals surface area contributed by atoms with Gasteiger partial charge in [-0.25, -0.2) is 0 Å². The van der Waals surface area contributed by atoms with Crippen molar-refractivity contribution in [2.75, 3.05) is 26.1 Å². The van der Waals surface area contributed by atoms with Crippen molar-refractivity contribution in [2.45, 2.75) is 0 Å². The van der Waals surface area contributed by atoms with Gasteiger partial charge in [0, 0.05) is 5.02 Å². The van der Waals surface area contributed by atoms with Gasteiger partial charge in [-0.1, -0.05) is 23.7 Å². The Balaban J connectivity index is 1.98. The second kappa shape index (κ2) is 8.21. The predicted octanol–water partition coefficient (Wildman–Crippen LogP) is 2.73. The summed E-state index contributed by atoms with van der Waals surface area (Å²) in [6, 6.07) is 11.6. The van der Waals surface area contributed by atoms with E-state index in [1.54, 1.807) is 42.5 Å². The highest BCUT2D eigenvalue weighted by Crippen LogP contribution is 2.27. The molecule has 0 radical (unpaired) electrons. The van der Waals surface area contributed by atoms with Crippen molar-refractivity contribution < 1.29 is 19.1 Å². The molecule has 0 atom stereocenters. The minimum Gasteiger partial charge on any atom is -0.496 e. The third-order valence-corrected chi connectivity index (χ3v) is 3.43. The molecule has 0 aliphatic heterocycles. The molecule has 0 aliphatic carbocycles. The van der Waals surface area contributed by atoms with Crippen LogP contribution in [0.25, 0.3) is 0 Å². The summed E-state index contributed by atoms with van der Waals surface area (Å²) in [6.45, 7) is -0.202. The molecule has 0 heterocycles. The van der Waals surface area contributed by atoms with E-state index in [9.17, 15) is 9.59 Å². The van der Waals surface area contributed by atoms with Gasteiger partial charge in [-0.2, -0.15) is 0 Å². The fraction of sp³-hybridized carbons (Fsp3) is 0.176. The number of carbonyl (C=O) groups excluding carboxylic acids is 2. The number of hydrogen-bond acceptors (Lipinski definition) is 4. The van der Waals surface area contributed by atoms with Crippen LogP contribution in [-0.2, 0) is 4.79 Å². The number of anilines is 1. The Morgan fingerprint density at radius 1 is 1.04 bits per heavy atom. The van der Waals surface area contributed by atoms with Crippen molar-refractivity contribution in [2.24, 2.45) is 0 Å². The van der Waals surface area contributed by atoms with Crippen LogP contribution in [0.2, 0.25) is 5.02 Å². The maximum Gasteiger partial charge on any atom is 0.255 e. The molecule has 0 fully saturated rings. The molecule has 0 saturated heterocycles. The maximum atomic E-state index is 12.1. The summed E-state index contributed by atoms with van der Waals surface area (Å²) in [5.74, 6) is 0.107. The predicted molar refractivity (Wildman–Crippen MR) is 92.0 cm³/mol. The van der Waals surface area contributed by atoms with Crippen LogP contribution in [-0.4, -0.2) is 32.6 Å². The minimum absolute atomic E-state index is 0.202. The number of halogens is 1. The lowest BCUT2D eigenvalue weighted by molar-refractivity contribution is -0.115. The number of rotatable bonds is 6. The number of hydrogen-bond donors (Lipinski definition) is 2. The zero-order valence-corrected chi connectivity index (χ0v) is 14.0. The number of carbonyl (C=O) groups is 2. The van der Waals surface area contributed by atoms with Crippen molar-refractivity contribution in [3.63, 3.8) is 0 Å². The summed E-state index contributed by atoms with van der Waals surface area (Å²) >= 11 is 5.91. The highest BCUT2D eigenvalue weighted by atomic mass is 35.5. The molecule has 2 N–H and O–H groups in total. The molecule has 6 nitrogen and oxygen atoms in total. The van der Waals surface area contributed by atoms with E-state index in [2.05, 4.69) is 10.6 Å². The molecule has 2 aromatic rings. The number of para-hydroxylation sites is 1. The monoisotopic (exact) mass is 348 g/mol. The number of ether oxygens (including phenoxy) is 2. The minimum atomic E-state index is -0.404. The largest absolute Gasteiger partial charge is 0.496 e. The van der Waals surface area contributed by atoms with Crippen LogP contribution in [0.15, 0.2) is 42.5 Å². The summed E-state index contributed by atoms with van der Waals surface area (Å²) < 4.78 is 10.3. The van der Waals surface area contributed by atoms with E-state index >= 15 is 0 Å². The molecule has 2 rings (SSSR count). The number of amides is 2. The van der Waals surface area contributed by atoms with E-state index < -0.39 is 11.8 Å². The van der Waals surface area contributed by atoms with Gasteiger partial charge in [0.2, 0.25) is 5.91 Å². The first-order valence-electron chi connectivity index (χ1n) is 7.09. The lowest BCUT2D eigenvalue weighted by atomic mass is 10.2. The van der Waals surface area contributed by atoms with Gasteiger partial charge in [0.1, 0.15) is 11.5 Å². The van der Waals surface area contributed by atoms with Crippen LogP contribution in [0.5, 0.6) is 11.5 Å². The number of methoxy groups -OCH3 is 2. The molecule has 126 valence electrons. The first-order chi connectivity index (χ1) is 11.5. The first kappa shape index (κ1) is 17.6. The molecule has 24 heavy (non-hydrogen) atoms. The van der Waals surface area contributed by atoms with Crippen LogP contribution in [0.3, 0.4) is 0 Å². The average molecular weight is 349 g/mol. The van der Waals surface area contributed by atoms with Gasteiger partial charge in [-0.05, 0) is 30.3 Å². The Morgan fingerprint density at radius 3 is 2.46 bits per heavy atom. The lowest BCUT2D eigenvalue weighted by Gasteiger charge is -2.12. The van der Waals surface area contributed by atoms with Gasteiger partial charge in [0.25, 0.3) is 5.91 Å². The van der Waals surface area contributed by atoms with Gasteiger partial charge in [-0.15, -0.1) is 0 Å². The summed E-state index contributed by atoms with van der Waals surface area (Å²) in [7, 11) is 2.96. The van der Waals surface area contributed by atoms with E-state index in [0.717, 1.165) is 0 Å². The summed E-state index contributed by atoms with van der Waals surface area (Å²) in [4.78, 5) is 24.2. The summed E-state index contributed by atoms with van der Waals surface area (Å²) in [5.41, 5.74) is 0.787. The molecule has 0 unspecified atom stereocenters. The fourth-order valence-electron chi connectivity index (χ4n) is 2.06. The van der Waals surface area contributed by atoms with Crippen LogP contribution in [0.1, 0.15) is 10.4 Å². The molecular weight excluding hydrogens is 332 g/mol. The third kappa shape index (κ3) is 4.39. The van der Waals surface area contributed by atoms with Gasteiger partial charge < -0.3 is 20.1 Å². The van der Waals surface area contributed by atoms with Gasteiger partial charge >= 0.3 is 0 Å². The van der Waals surface area contributed by atoms with Gasteiger partial charge in [0.05, 0.1) is 32.0 Å². The molecule has 0 spiro atoms. The molecule has 2 aromatic carbocycles. The van der Waals surface area contributed by atoms with Crippen molar-refractivity contribution in [3.05, 3.63) is 53.1 Å². The first-order valence-corrected chi connectivity index (χ1v) is 7.47. The average Bonchev–Trinajstić information content (AvgIpc) is 2.59. The molecule has 0 aromatic heterocycles. The van der Waals surface area contributed by atoms with Crippen molar-refractivity contribution in [1.29, 1.82) is 0 Å². The summed E-state index contributed by atoms with van der Waals surface area (Å²) in [6.07, 6.45) is 0. The van der Waals surface area contributed by atoms with Crippen molar-refractivity contribution in [1.82, 2.24) is 5.32 Å². The second-order valence-corrected chi connectivity index (χ2v) is 5.21. The topological polar surface area (TPSA) is 76.7 Å². The molecule has 0 bridgehead atoms. The third-order valence-electron chi connectivity index (χ3n) is 3.20. The van der Waals surface area contributed by atoms with E-state index in [0.29, 0.717) is 27.8 Å². The van der Waals surface area contributed by atoms with Crippen LogP contribution in [0.4, 0.5) is 5.69 Å². The highest BCUT2D eigenvalue weighted by Gasteiger charge is 2.13. The van der Waals surface area contributed by atoms with Crippen LogP contribution < -0.4 is 20.1 Å². The van der Waals surface area contributed by atoms with E-state index in [1.807, 2.05) is 0 Å². The van der Waals surface area contributed by atoms with E-state index in [1.165, 1.54) is 14.2 Å². The Kier molecular flexibility index (Phi) is 6.03. The van der Waals surface area contributed by atoms with Crippen molar-refractivity contribution >= 4 is 29.1 Å². The molecule has 7 heteroatoms. The Hall–Kier alpha value is -2.73. The normalized spacial score (nSPS) is 9.96. The SMILES string of the molecule is COc1ccc(Cl)cc1NC(=O)CNC(=O)c1ccccc1OC. The Bertz CT molecular complexity index is 749. The Morgan fingerprint density at radius 2 is 1.75 bits per heavy atom. The second-order valence-electron chi connectivity index (χ2n) is 4.78.